The zero-order valence-corrected chi connectivity index (χ0v) is 17.1. The number of hydrogen-bond acceptors (Lipinski definition) is 4. The summed E-state index contributed by atoms with van der Waals surface area (Å²) in [6.07, 6.45) is 4.73. The van der Waals surface area contributed by atoms with Gasteiger partial charge in [0.15, 0.2) is 5.78 Å². The average molecular weight is 409 g/mol. The fourth-order valence-corrected chi connectivity index (χ4v) is 2.66. The second-order valence-electron chi connectivity index (χ2n) is 6.20. The van der Waals surface area contributed by atoms with Crippen LogP contribution in [0.2, 0.25) is 0 Å². The molecule has 0 aliphatic carbocycles. The molecule has 0 radical (unpaired) electrons. The molecule has 6 nitrogen and oxygen atoms in total. The molecule has 0 unspecified atom stereocenters. The molecule has 2 rings (SSSR count). The zero-order chi connectivity index (χ0) is 22.4. The molecule has 158 valence electrons. The summed E-state index contributed by atoms with van der Waals surface area (Å²) in [5.41, 5.74) is 2.06. The van der Waals surface area contributed by atoms with E-state index in [1.807, 2.05) is 66.9 Å². The van der Waals surface area contributed by atoms with E-state index in [1.54, 1.807) is 6.08 Å². The zero-order valence-electron chi connectivity index (χ0n) is 17.1. The number of ketones is 1. The van der Waals surface area contributed by atoms with Gasteiger partial charge in [0.25, 0.3) is 0 Å². The number of rotatable bonds is 9. The molecule has 0 amide bonds. The van der Waals surface area contributed by atoms with Gasteiger partial charge in [0.05, 0.1) is 5.92 Å². The van der Waals surface area contributed by atoms with E-state index in [0.29, 0.717) is 12.2 Å². The number of nitrogens with zero attached hydrogens (tertiary/aromatic N) is 1. The van der Waals surface area contributed by atoms with Crippen molar-refractivity contribution >= 4 is 17.7 Å². The Morgan fingerprint density at radius 1 is 0.767 bits per heavy atom. The molecule has 30 heavy (non-hydrogen) atoms. The van der Waals surface area contributed by atoms with Crippen LogP contribution in [0.4, 0.5) is 0 Å². The van der Waals surface area contributed by atoms with Gasteiger partial charge in [-0.1, -0.05) is 60.7 Å². The Morgan fingerprint density at radius 2 is 1.17 bits per heavy atom. The van der Waals surface area contributed by atoms with Crippen molar-refractivity contribution in [3.8, 4) is 0 Å². The topological polar surface area (TPSA) is 94.9 Å². The number of benzene rings is 2. The molecule has 0 heterocycles. The van der Waals surface area contributed by atoms with Crippen LogP contribution < -0.4 is 0 Å². The SMILES string of the molecule is CCN(C=CC(=O)C(c1ccccc1)c1ccccc1)CC.O=C(O)/C=C\C(=O)O. The van der Waals surface area contributed by atoms with E-state index in [2.05, 4.69) is 18.7 Å². The van der Waals surface area contributed by atoms with Crippen LogP contribution in [-0.4, -0.2) is 45.9 Å². The van der Waals surface area contributed by atoms with Gasteiger partial charge in [0.1, 0.15) is 0 Å². The molecule has 0 aromatic heterocycles. The molecule has 0 fully saturated rings. The fourth-order valence-electron chi connectivity index (χ4n) is 2.66. The average Bonchev–Trinajstić information content (AvgIpc) is 2.75. The lowest BCUT2D eigenvalue weighted by molar-refractivity contribution is -0.134. The van der Waals surface area contributed by atoms with E-state index in [0.717, 1.165) is 24.2 Å². The fraction of sp³-hybridized carbons (Fsp3) is 0.208. The van der Waals surface area contributed by atoms with Gasteiger partial charge in [0.2, 0.25) is 0 Å². The van der Waals surface area contributed by atoms with Crippen LogP contribution in [0.3, 0.4) is 0 Å². The van der Waals surface area contributed by atoms with E-state index in [1.165, 1.54) is 0 Å². The minimum Gasteiger partial charge on any atom is -0.478 e. The first-order chi connectivity index (χ1) is 14.4. The largest absolute Gasteiger partial charge is 0.478 e. The van der Waals surface area contributed by atoms with Gasteiger partial charge in [-0.2, -0.15) is 0 Å². The summed E-state index contributed by atoms with van der Waals surface area (Å²) >= 11 is 0. The molecule has 6 heteroatoms. The van der Waals surface area contributed by atoms with Gasteiger partial charge in [0, 0.05) is 31.4 Å². The van der Waals surface area contributed by atoms with E-state index in [9.17, 15) is 14.4 Å². The Balaban J connectivity index is 0.000000479. The van der Waals surface area contributed by atoms with Crippen LogP contribution in [0.25, 0.3) is 0 Å². The van der Waals surface area contributed by atoms with Crippen LogP contribution in [-0.2, 0) is 14.4 Å². The first kappa shape index (κ1) is 24.4. The van der Waals surface area contributed by atoms with E-state index in [-0.39, 0.29) is 11.7 Å². The number of carbonyl (C=O) groups excluding carboxylic acids is 1. The molecule has 0 atom stereocenters. The normalized spacial score (nSPS) is 10.6. The van der Waals surface area contributed by atoms with Crippen molar-refractivity contribution in [3.63, 3.8) is 0 Å². The molecule has 2 aromatic carbocycles. The monoisotopic (exact) mass is 409 g/mol. The first-order valence-corrected chi connectivity index (χ1v) is 9.58. The van der Waals surface area contributed by atoms with Crippen molar-refractivity contribution in [1.29, 1.82) is 0 Å². The second kappa shape index (κ2) is 13.5. The maximum Gasteiger partial charge on any atom is 0.328 e. The minimum absolute atomic E-state index is 0.115. The Hall–Kier alpha value is -3.67. The summed E-state index contributed by atoms with van der Waals surface area (Å²) in [4.78, 5) is 34.0. The van der Waals surface area contributed by atoms with E-state index in [4.69, 9.17) is 10.2 Å². The lowest BCUT2D eigenvalue weighted by Crippen LogP contribution is -2.17. The first-order valence-electron chi connectivity index (χ1n) is 9.58. The summed E-state index contributed by atoms with van der Waals surface area (Å²) in [6, 6.07) is 19.9. The van der Waals surface area contributed by atoms with Crippen LogP contribution in [0.15, 0.2) is 85.1 Å². The van der Waals surface area contributed by atoms with Crippen LogP contribution in [0.5, 0.6) is 0 Å². The predicted molar refractivity (Wildman–Crippen MR) is 116 cm³/mol. The highest BCUT2D eigenvalue weighted by Crippen LogP contribution is 2.26. The molecule has 0 bridgehead atoms. The Bertz CT molecular complexity index is 800. The molecule has 0 aliphatic heterocycles. The lowest BCUT2D eigenvalue weighted by atomic mass is 9.87. The van der Waals surface area contributed by atoms with Crippen molar-refractivity contribution < 1.29 is 24.6 Å². The summed E-state index contributed by atoms with van der Waals surface area (Å²) in [5, 5.41) is 15.6. The summed E-state index contributed by atoms with van der Waals surface area (Å²) < 4.78 is 0. The van der Waals surface area contributed by atoms with Gasteiger partial charge < -0.3 is 15.1 Å². The molecule has 2 aromatic rings. The number of carboxylic acids is 2. The molecular weight excluding hydrogens is 382 g/mol. The highest BCUT2D eigenvalue weighted by Gasteiger charge is 2.20. The number of hydrogen-bond donors (Lipinski definition) is 2. The predicted octanol–water partition coefficient (Wildman–Crippen LogP) is 3.95. The van der Waals surface area contributed by atoms with Crippen molar-refractivity contribution in [2.75, 3.05) is 13.1 Å². The molecule has 0 saturated carbocycles. The van der Waals surface area contributed by atoms with Crippen LogP contribution >= 0.6 is 0 Å². The summed E-state index contributed by atoms with van der Waals surface area (Å²) in [5.74, 6) is -2.64. The van der Waals surface area contributed by atoms with Crippen molar-refractivity contribution in [2.24, 2.45) is 0 Å². The third-order valence-corrected chi connectivity index (χ3v) is 4.18. The molecular formula is C24H27NO5. The maximum absolute atomic E-state index is 12.8. The third-order valence-electron chi connectivity index (χ3n) is 4.18. The summed E-state index contributed by atoms with van der Waals surface area (Å²) in [6.45, 7) is 5.98. The lowest BCUT2D eigenvalue weighted by Gasteiger charge is -2.17. The maximum atomic E-state index is 12.8. The highest BCUT2D eigenvalue weighted by atomic mass is 16.4. The van der Waals surface area contributed by atoms with Gasteiger partial charge in [-0.25, -0.2) is 9.59 Å². The van der Waals surface area contributed by atoms with Crippen molar-refractivity contribution in [1.82, 2.24) is 4.90 Å². The molecule has 0 spiro atoms. The quantitative estimate of drug-likeness (QED) is 0.609. The number of aliphatic carboxylic acids is 2. The smallest absolute Gasteiger partial charge is 0.328 e. The number of carbonyl (C=O) groups is 3. The van der Waals surface area contributed by atoms with E-state index < -0.39 is 11.9 Å². The molecule has 0 saturated heterocycles. The number of allylic oxidation sites excluding steroid dienone is 1. The minimum atomic E-state index is -1.26. The van der Waals surface area contributed by atoms with Crippen LogP contribution in [0.1, 0.15) is 30.9 Å². The van der Waals surface area contributed by atoms with Gasteiger partial charge >= 0.3 is 11.9 Å². The Labute approximate surface area is 176 Å². The second-order valence-corrected chi connectivity index (χ2v) is 6.20. The van der Waals surface area contributed by atoms with Crippen molar-refractivity contribution in [2.45, 2.75) is 19.8 Å². The van der Waals surface area contributed by atoms with E-state index >= 15 is 0 Å². The highest BCUT2D eigenvalue weighted by molar-refractivity contribution is 5.97. The number of carboxylic acid groups (broad SMARTS) is 2. The van der Waals surface area contributed by atoms with Crippen molar-refractivity contribution in [3.05, 3.63) is 96.2 Å². The molecule has 0 aliphatic rings. The van der Waals surface area contributed by atoms with Gasteiger partial charge in [-0.05, 0) is 31.1 Å². The standard InChI is InChI=1S/C20H23NO.C4H4O4/c1-3-21(4-2)16-15-19(22)20(17-11-7-5-8-12-17)18-13-9-6-10-14-18;5-3(6)1-2-4(7)8/h5-16,20H,3-4H2,1-2H3;1-2H,(H,5,6)(H,7,8)/b;2-1-. The molecule has 2 N–H and O–H groups in total. The Kier molecular flexibility index (Phi) is 11.0. The Morgan fingerprint density at radius 3 is 1.50 bits per heavy atom. The third kappa shape index (κ3) is 9.01. The van der Waals surface area contributed by atoms with Gasteiger partial charge in [-0.3, -0.25) is 4.79 Å². The summed E-state index contributed by atoms with van der Waals surface area (Å²) in [7, 11) is 0. The van der Waals surface area contributed by atoms with Gasteiger partial charge in [-0.15, -0.1) is 0 Å². The van der Waals surface area contributed by atoms with Crippen LogP contribution in [0, 0.1) is 0 Å².